The molecular weight excluding hydrogens is 358 g/mol. The number of H-pyrrole nitrogens is 1. The van der Waals surface area contributed by atoms with E-state index in [2.05, 4.69) is 15.0 Å². The van der Waals surface area contributed by atoms with Crippen LogP contribution < -0.4 is 10.3 Å². The summed E-state index contributed by atoms with van der Waals surface area (Å²) in [5.41, 5.74) is 0.179. The third-order valence-corrected chi connectivity index (χ3v) is 4.34. The van der Waals surface area contributed by atoms with Crippen molar-refractivity contribution in [1.29, 1.82) is 0 Å². The smallest absolute Gasteiger partial charge is 0.278 e. The van der Waals surface area contributed by atoms with Gasteiger partial charge in [-0.3, -0.25) is 19.5 Å². The third kappa shape index (κ3) is 3.25. The van der Waals surface area contributed by atoms with Crippen molar-refractivity contribution in [2.45, 2.75) is 24.9 Å². The summed E-state index contributed by atoms with van der Waals surface area (Å²) in [5.74, 6) is 0.432. The van der Waals surface area contributed by atoms with Crippen LogP contribution in [-0.2, 0) is 4.74 Å². The number of benzene rings is 1. The molecule has 0 aliphatic carbocycles. The fraction of sp³-hybridized carbons (Fsp3) is 0.312. The first kappa shape index (κ1) is 17.1. The first-order valence-corrected chi connectivity index (χ1v) is 8.14. The van der Waals surface area contributed by atoms with Gasteiger partial charge in [-0.2, -0.15) is 0 Å². The van der Waals surface area contributed by atoms with Crippen molar-refractivity contribution in [1.82, 2.24) is 19.5 Å². The van der Waals surface area contributed by atoms with Crippen LogP contribution in [0.5, 0.6) is 5.75 Å². The zero-order valence-corrected chi connectivity index (χ0v) is 13.9. The summed E-state index contributed by atoms with van der Waals surface area (Å²) in [5, 5.41) is 20.9. The van der Waals surface area contributed by atoms with Gasteiger partial charge in [0.2, 0.25) is 0 Å². The van der Waals surface area contributed by atoms with Gasteiger partial charge in [-0.05, 0) is 12.1 Å². The molecule has 2 N–H and O–H groups in total. The zero-order chi connectivity index (χ0) is 19.0. The number of aliphatic hydroxyl groups excluding tert-OH is 1. The number of aromatic amines is 1. The molecule has 0 spiro atoms. The number of ether oxygens (including phenoxy) is 2. The predicted octanol–water partition coefficient (Wildman–Crippen LogP) is 0.755. The quantitative estimate of drug-likeness (QED) is 0.492. The zero-order valence-electron chi connectivity index (χ0n) is 13.9. The van der Waals surface area contributed by atoms with E-state index in [1.54, 1.807) is 4.57 Å². The number of rotatable bonds is 5. The molecule has 0 radical (unpaired) electrons. The van der Waals surface area contributed by atoms with Gasteiger partial charge in [0, 0.05) is 18.6 Å². The van der Waals surface area contributed by atoms with Gasteiger partial charge in [0.1, 0.15) is 24.7 Å². The Bertz CT molecular complexity index is 1030. The monoisotopic (exact) mass is 373 g/mol. The summed E-state index contributed by atoms with van der Waals surface area (Å²) in [6.45, 7) is 0.0656. The van der Waals surface area contributed by atoms with Crippen molar-refractivity contribution in [3.8, 4) is 5.75 Å². The van der Waals surface area contributed by atoms with Crippen LogP contribution in [0.1, 0.15) is 12.6 Å². The Morgan fingerprint density at radius 3 is 2.89 bits per heavy atom. The van der Waals surface area contributed by atoms with Gasteiger partial charge < -0.3 is 19.6 Å². The highest BCUT2D eigenvalue weighted by molar-refractivity contribution is 5.68. The van der Waals surface area contributed by atoms with Gasteiger partial charge in [0.05, 0.1) is 23.7 Å². The number of non-ortho nitro benzene ring substituents is 1. The first-order valence-electron chi connectivity index (χ1n) is 8.14. The number of hydrogen-bond donors (Lipinski definition) is 2. The number of nitrogens with zero attached hydrogens (tertiary/aromatic N) is 4. The average Bonchev–Trinajstić information content (AvgIpc) is 3.24. The Morgan fingerprint density at radius 2 is 2.15 bits per heavy atom. The molecule has 140 valence electrons. The Kier molecular flexibility index (Phi) is 4.30. The highest BCUT2D eigenvalue weighted by Gasteiger charge is 2.36. The number of aliphatic hydroxyl groups is 1. The largest absolute Gasteiger partial charge is 0.491 e. The van der Waals surface area contributed by atoms with Crippen LogP contribution in [0.15, 0.2) is 41.7 Å². The van der Waals surface area contributed by atoms with E-state index in [9.17, 15) is 20.0 Å². The highest BCUT2D eigenvalue weighted by Crippen LogP contribution is 2.30. The molecule has 3 aromatic rings. The maximum absolute atomic E-state index is 11.7. The van der Waals surface area contributed by atoms with E-state index in [1.807, 2.05) is 0 Å². The number of nitro benzene ring substituents is 1. The Labute approximate surface area is 151 Å². The van der Waals surface area contributed by atoms with Gasteiger partial charge in [0.15, 0.2) is 11.2 Å². The second-order valence-electron chi connectivity index (χ2n) is 6.05. The van der Waals surface area contributed by atoms with Gasteiger partial charge in [-0.25, -0.2) is 9.97 Å². The lowest BCUT2D eigenvalue weighted by Gasteiger charge is -2.16. The maximum atomic E-state index is 11.7. The molecule has 11 nitrogen and oxygen atoms in total. The van der Waals surface area contributed by atoms with Crippen LogP contribution in [0.2, 0.25) is 0 Å². The molecule has 0 saturated carbocycles. The van der Waals surface area contributed by atoms with Crippen molar-refractivity contribution in [3.63, 3.8) is 0 Å². The number of nitrogens with one attached hydrogen (secondary N) is 1. The molecular formula is C16H15N5O6. The minimum absolute atomic E-state index is 0.0333. The molecule has 11 heteroatoms. The summed E-state index contributed by atoms with van der Waals surface area (Å²) in [4.78, 5) is 32.5. The summed E-state index contributed by atoms with van der Waals surface area (Å²) >= 11 is 0. The summed E-state index contributed by atoms with van der Waals surface area (Å²) in [6, 6.07) is 5.64. The van der Waals surface area contributed by atoms with Crippen LogP contribution in [-0.4, -0.2) is 48.4 Å². The molecule has 1 aliphatic rings. The normalized spacial score (nSPS) is 22.2. The number of aromatic nitrogens is 4. The van der Waals surface area contributed by atoms with Crippen molar-refractivity contribution >= 4 is 16.9 Å². The van der Waals surface area contributed by atoms with Crippen LogP contribution in [0, 0.1) is 10.1 Å². The lowest BCUT2D eigenvalue weighted by Crippen LogP contribution is -2.28. The molecule has 1 saturated heterocycles. The SMILES string of the molecule is O=c1[nH]cnc2c1ncn2[C@H]1C[C@H](O)[C@@H](COc2ccc([N+](=O)[O-])cc2)O1. The third-order valence-electron chi connectivity index (χ3n) is 4.34. The van der Waals surface area contributed by atoms with Crippen molar-refractivity contribution in [2.75, 3.05) is 6.61 Å². The molecule has 0 amide bonds. The summed E-state index contributed by atoms with van der Waals surface area (Å²) < 4.78 is 13.0. The van der Waals surface area contributed by atoms with E-state index >= 15 is 0 Å². The lowest BCUT2D eigenvalue weighted by atomic mass is 10.2. The highest BCUT2D eigenvalue weighted by atomic mass is 16.6. The van der Waals surface area contributed by atoms with E-state index in [1.165, 1.54) is 36.9 Å². The minimum atomic E-state index is -0.785. The van der Waals surface area contributed by atoms with E-state index in [0.29, 0.717) is 11.4 Å². The Morgan fingerprint density at radius 1 is 1.37 bits per heavy atom. The topological polar surface area (TPSA) is 145 Å². The van der Waals surface area contributed by atoms with Crippen LogP contribution in [0.4, 0.5) is 5.69 Å². The lowest BCUT2D eigenvalue weighted by molar-refractivity contribution is -0.384. The molecule has 0 unspecified atom stereocenters. The maximum Gasteiger partial charge on any atom is 0.278 e. The fourth-order valence-corrected chi connectivity index (χ4v) is 2.95. The van der Waals surface area contributed by atoms with Gasteiger partial charge in [-0.1, -0.05) is 0 Å². The van der Waals surface area contributed by atoms with E-state index < -0.39 is 23.4 Å². The van der Waals surface area contributed by atoms with E-state index in [0.717, 1.165) is 0 Å². The van der Waals surface area contributed by atoms with Crippen LogP contribution in [0.25, 0.3) is 11.2 Å². The first-order chi connectivity index (χ1) is 13.0. The average molecular weight is 373 g/mol. The predicted molar refractivity (Wildman–Crippen MR) is 91.3 cm³/mol. The molecule has 1 aliphatic heterocycles. The fourth-order valence-electron chi connectivity index (χ4n) is 2.95. The molecule has 1 fully saturated rings. The standard InChI is InChI=1S/C16H15N5O6/c22-11-5-13(20-8-19-14-15(20)17-7-18-16(14)23)27-12(11)6-26-10-3-1-9(2-4-10)21(24)25/h1-4,7-8,11-13,22H,5-6H2,(H,17,18,23)/t11-,12+,13+/m0/s1. The number of fused-ring (bicyclic) bond motifs is 1. The molecule has 3 atom stereocenters. The molecule has 2 aromatic heterocycles. The Balaban J connectivity index is 1.44. The minimum Gasteiger partial charge on any atom is -0.491 e. The van der Waals surface area contributed by atoms with Crippen molar-refractivity contribution in [3.05, 3.63) is 57.4 Å². The number of imidazole rings is 1. The van der Waals surface area contributed by atoms with Crippen molar-refractivity contribution in [2.24, 2.45) is 0 Å². The molecule has 27 heavy (non-hydrogen) atoms. The van der Waals surface area contributed by atoms with Gasteiger partial charge in [0.25, 0.3) is 11.2 Å². The number of nitro groups is 1. The van der Waals surface area contributed by atoms with E-state index in [4.69, 9.17) is 9.47 Å². The second kappa shape index (κ2) is 6.78. The van der Waals surface area contributed by atoms with E-state index in [-0.39, 0.29) is 29.8 Å². The van der Waals surface area contributed by atoms with Crippen LogP contribution in [0.3, 0.4) is 0 Å². The summed E-state index contributed by atoms with van der Waals surface area (Å²) in [7, 11) is 0. The molecule has 1 aromatic carbocycles. The molecule has 0 bridgehead atoms. The second-order valence-corrected chi connectivity index (χ2v) is 6.05. The molecule has 4 rings (SSSR count). The van der Waals surface area contributed by atoms with Gasteiger partial charge in [-0.15, -0.1) is 0 Å². The molecule has 3 heterocycles. The van der Waals surface area contributed by atoms with Crippen LogP contribution >= 0.6 is 0 Å². The number of hydrogen-bond acceptors (Lipinski definition) is 8. The summed E-state index contributed by atoms with van der Waals surface area (Å²) in [6.07, 6.45) is 1.09. The van der Waals surface area contributed by atoms with Crippen molar-refractivity contribution < 1.29 is 19.5 Å². The Hall–Kier alpha value is -3.31. The van der Waals surface area contributed by atoms with Gasteiger partial charge >= 0.3 is 0 Å².